The first-order valence-electron chi connectivity index (χ1n) is 8.30. The number of primary amides is 1. The lowest BCUT2D eigenvalue weighted by Gasteiger charge is -2.13. The lowest BCUT2D eigenvalue weighted by molar-refractivity contribution is 0.0942. The highest BCUT2D eigenvalue weighted by molar-refractivity contribution is 5.99. The first-order chi connectivity index (χ1) is 12.5. The number of nitrogens with zero attached hydrogens (tertiary/aromatic N) is 3. The predicted molar refractivity (Wildman–Crippen MR) is 99.5 cm³/mol. The number of furan rings is 1. The quantitative estimate of drug-likeness (QED) is 0.572. The number of aromatic nitrogens is 3. The maximum absolute atomic E-state index is 12.7. The van der Waals surface area contributed by atoms with Gasteiger partial charge in [-0.15, -0.1) is 12.4 Å². The van der Waals surface area contributed by atoms with Gasteiger partial charge in [0.15, 0.2) is 17.1 Å². The molecule has 0 spiro atoms. The fourth-order valence-electron chi connectivity index (χ4n) is 2.86. The monoisotopic (exact) mass is 390 g/mol. The van der Waals surface area contributed by atoms with Crippen molar-refractivity contribution in [1.29, 1.82) is 0 Å². The number of imidazole rings is 1. The van der Waals surface area contributed by atoms with Gasteiger partial charge in [-0.3, -0.25) is 14.0 Å². The molecule has 1 aliphatic rings. The molecule has 1 unspecified atom stereocenters. The summed E-state index contributed by atoms with van der Waals surface area (Å²) < 4.78 is 6.79. The van der Waals surface area contributed by atoms with Crippen molar-refractivity contribution in [2.24, 2.45) is 17.4 Å². The van der Waals surface area contributed by atoms with Crippen molar-refractivity contribution in [1.82, 2.24) is 19.7 Å². The molecule has 4 rings (SSSR count). The Morgan fingerprint density at radius 2 is 2.19 bits per heavy atom. The number of halogens is 1. The number of fused-ring (bicyclic) bond motifs is 1. The summed E-state index contributed by atoms with van der Waals surface area (Å²) >= 11 is 0. The Morgan fingerprint density at radius 1 is 1.41 bits per heavy atom. The second kappa shape index (κ2) is 7.37. The smallest absolute Gasteiger partial charge is 0.271 e. The number of nitrogens with one attached hydrogen (secondary N) is 1. The van der Waals surface area contributed by atoms with Gasteiger partial charge in [0, 0.05) is 12.6 Å². The van der Waals surface area contributed by atoms with Gasteiger partial charge in [-0.1, -0.05) is 0 Å². The molecule has 0 radical (unpaired) electrons. The molecule has 9 nitrogen and oxygen atoms in total. The number of hydrogen-bond donors (Lipinski definition) is 3. The van der Waals surface area contributed by atoms with E-state index in [4.69, 9.17) is 15.9 Å². The van der Waals surface area contributed by atoms with E-state index >= 15 is 0 Å². The van der Waals surface area contributed by atoms with Crippen LogP contribution < -0.4 is 16.8 Å². The van der Waals surface area contributed by atoms with Gasteiger partial charge in [0.05, 0.1) is 6.26 Å². The largest absolute Gasteiger partial charge is 0.463 e. The van der Waals surface area contributed by atoms with Crippen molar-refractivity contribution in [3.05, 3.63) is 42.2 Å². The third-order valence-corrected chi connectivity index (χ3v) is 4.47. The Morgan fingerprint density at radius 3 is 2.81 bits per heavy atom. The van der Waals surface area contributed by atoms with Gasteiger partial charge in [0.1, 0.15) is 17.7 Å². The summed E-state index contributed by atoms with van der Waals surface area (Å²) in [5.41, 5.74) is 12.3. The highest BCUT2D eigenvalue weighted by Gasteiger charge is 2.29. The lowest BCUT2D eigenvalue weighted by Crippen LogP contribution is -2.39. The van der Waals surface area contributed by atoms with E-state index in [9.17, 15) is 9.59 Å². The molecule has 2 amide bonds. The molecule has 0 aliphatic heterocycles. The van der Waals surface area contributed by atoms with Gasteiger partial charge in [0.2, 0.25) is 0 Å². The zero-order valence-corrected chi connectivity index (χ0v) is 15.1. The summed E-state index contributed by atoms with van der Waals surface area (Å²) in [4.78, 5) is 32.7. The fourth-order valence-corrected chi connectivity index (χ4v) is 2.86. The van der Waals surface area contributed by atoms with Crippen molar-refractivity contribution in [2.75, 3.05) is 6.54 Å². The molecule has 1 atom stereocenters. The molecule has 0 aromatic carbocycles. The van der Waals surface area contributed by atoms with Crippen LogP contribution in [-0.2, 0) is 0 Å². The van der Waals surface area contributed by atoms with Crippen LogP contribution in [0.2, 0.25) is 0 Å². The maximum Gasteiger partial charge on any atom is 0.271 e. The summed E-state index contributed by atoms with van der Waals surface area (Å²) in [5, 5.41) is 2.84. The van der Waals surface area contributed by atoms with Crippen LogP contribution in [0.25, 0.3) is 17.1 Å². The van der Waals surface area contributed by atoms with Gasteiger partial charge >= 0.3 is 0 Å². The molecule has 0 bridgehead atoms. The number of carbonyl (C=O) groups excluding carboxylic acids is 2. The van der Waals surface area contributed by atoms with Gasteiger partial charge in [-0.2, -0.15) is 0 Å². The van der Waals surface area contributed by atoms with Crippen molar-refractivity contribution in [3.8, 4) is 11.5 Å². The number of amides is 2. The van der Waals surface area contributed by atoms with E-state index < -0.39 is 5.91 Å². The van der Waals surface area contributed by atoms with E-state index in [0.29, 0.717) is 23.9 Å². The third kappa shape index (κ3) is 3.64. The highest BCUT2D eigenvalue weighted by Crippen LogP contribution is 2.31. The van der Waals surface area contributed by atoms with Gasteiger partial charge in [-0.25, -0.2) is 9.97 Å². The Bertz CT molecular complexity index is 980. The minimum absolute atomic E-state index is 0. The summed E-state index contributed by atoms with van der Waals surface area (Å²) in [6, 6.07) is 4.94. The average Bonchev–Trinajstić information content (AvgIpc) is 3.16. The molecule has 1 fully saturated rings. The van der Waals surface area contributed by atoms with Crippen molar-refractivity contribution in [3.63, 3.8) is 0 Å². The molecule has 3 heterocycles. The van der Waals surface area contributed by atoms with Crippen LogP contribution in [-0.4, -0.2) is 38.8 Å². The molecule has 142 valence electrons. The van der Waals surface area contributed by atoms with Crippen LogP contribution in [0.15, 0.2) is 35.2 Å². The van der Waals surface area contributed by atoms with Gasteiger partial charge in [0.25, 0.3) is 11.8 Å². The number of hydrogen-bond acceptors (Lipinski definition) is 6. The molecule has 27 heavy (non-hydrogen) atoms. The highest BCUT2D eigenvalue weighted by atomic mass is 35.5. The molecule has 10 heteroatoms. The van der Waals surface area contributed by atoms with E-state index in [-0.39, 0.29) is 41.4 Å². The van der Waals surface area contributed by atoms with Crippen molar-refractivity contribution in [2.45, 2.75) is 18.9 Å². The Kier molecular flexibility index (Phi) is 5.15. The first kappa shape index (κ1) is 18.9. The molecular weight excluding hydrogens is 372 g/mol. The molecule has 1 aliphatic carbocycles. The van der Waals surface area contributed by atoms with Crippen molar-refractivity contribution >= 4 is 29.9 Å². The number of rotatable bonds is 6. The summed E-state index contributed by atoms with van der Waals surface area (Å²) in [5.74, 6) is -0.123. The SMILES string of the molecule is Cl.NC(=O)c1ncn2c(C(=O)NCC(N)C3CC3)cc(-c3ccco3)nc12. The molecule has 0 saturated heterocycles. The number of nitrogens with two attached hydrogens (primary N) is 2. The second-order valence-electron chi connectivity index (χ2n) is 6.37. The second-order valence-corrected chi connectivity index (χ2v) is 6.37. The Hall–Kier alpha value is -2.91. The van der Waals surface area contributed by atoms with Gasteiger partial charge < -0.3 is 21.2 Å². The normalized spacial score (nSPS) is 14.6. The summed E-state index contributed by atoms with van der Waals surface area (Å²) in [7, 11) is 0. The molecule has 1 saturated carbocycles. The third-order valence-electron chi connectivity index (χ3n) is 4.47. The summed E-state index contributed by atoms with van der Waals surface area (Å²) in [6.45, 7) is 0.376. The first-order valence-corrected chi connectivity index (χ1v) is 8.30. The van der Waals surface area contributed by atoms with E-state index in [1.165, 1.54) is 17.0 Å². The minimum Gasteiger partial charge on any atom is -0.463 e. The standard InChI is InChI=1S/C17H18N6O3.ClH/c18-10(9-3-4-9)7-20-17(25)12-6-11(13-2-1-5-26-13)22-16-14(15(19)24)21-8-23(12)16;/h1-2,5-6,8-10H,3-4,7,18H2,(H2,19,24)(H,20,25);1H. The molecular formula is C17H19ClN6O3. The topological polar surface area (TPSA) is 142 Å². The zero-order chi connectivity index (χ0) is 18.3. The molecule has 5 N–H and O–H groups in total. The summed E-state index contributed by atoms with van der Waals surface area (Å²) in [6.07, 6.45) is 5.05. The van der Waals surface area contributed by atoms with Crippen LogP contribution in [0.5, 0.6) is 0 Å². The maximum atomic E-state index is 12.7. The lowest BCUT2D eigenvalue weighted by atomic mass is 10.2. The minimum atomic E-state index is -0.723. The van der Waals surface area contributed by atoms with E-state index in [2.05, 4.69) is 15.3 Å². The van der Waals surface area contributed by atoms with E-state index in [0.717, 1.165) is 12.8 Å². The van der Waals surface area contributed by atoms with Crippen LogP contribution >= 0.6 is 12.4 Å². The van der Waals surface area contributed by atoms with Crippen LogP contribution in [0.1, 0.15) is 33.8 Å². The van der Waals surface area contributed by atoms with E-state index in [1.54, 1.807) is 18.2 Å². The average molecular weight is 391 g/mol. The Balaban J connectivity index is 0.00000210. The predicted octanol–water partition coefficient (Wildman–Crippen LogP) is 0.977. The van der Waals surface area contributed by atoms with Crippen molar-refractivity contribution < 1.29 is 14.0 Å². The fraction of sp³-hybridized carbons (Fsp3) is 0.294. The van der Waals surface area contributed by atoms with Crippen LogP contribution in [0.3, 0.4) is 0 Å². The molecule has 3 aromatic rings. The number of carbonyl (C=O) groups is 2. The Labute approximate surface area is 160 Å². The van der Waals surface area contributed by atoms with Crippen LogP contribution in [0, 0.1) is 5.92 Å². The van der Waals surface area contributed by atoms with E-state index in [1.807, 2.05) is 0 Å². The van der Waals surface area contributed by atoms with Gasteiger partial charge in [-0.05, 0) is 37.0 Å². The molecule has 3 aromatic heterocycles. The zero-order valence-electron chi connectivity index (χ0n) is 14.3. The van der Waals surface area contributed by atoms with Crippen LogP contribution in [0.4, 0.5) is 0 Å².